The summed E-state index contributed by atoms with van der Waals surface area (Å²) < 4.78 is 2.18. The van der Waals surface area contributed by atoms with Crippen molar-refractivity contribution >= 4 is 16.7 Å². The molecule has 162 valence electrons. The van der Waals surface area contributed by atoms with E-state index >= 15 is 0 Å². The molecule has 0 unspecified atom stereocenters. The Morgan fingerprint density at radius 3 is 2.61 bits per heavy atom. The minimum Gasteiger partial charge on any atom is -0.369 e. The fraction of sp³-hybridized carbons (Fsp3) is 0.542. The summed E-state index contributed by atoms with van der Waals surface area (Å²) in [5, 5.41) is 5.00. The quantitative estimate of drug-likeness (QED) is 0.688. The number of nitrogens with two attached hydrogens (primary N) is 1. The highest BCUT2D eigenvalue weighted by molar-refractivity contribution is 5.81. The van der Waals surface area contributed by atoms with Crippen LogP contribution in [0.2, 0.25) is 0 Å². The molecule has 0 bridgehead atoms. The van der Waals surface area contributed by atoms with Crippen LogP contribution in [-0.2, 0) is 0 Å². The van der Waals surface area contributed by atoms with E-state index in [0.717, 1.165) is 67.9 Å². The molecule has 1 aliphatic heterocycles. The normalized spacial score (nSPS) is 24.5. The van der Waals surface area contributed by atoms with E-state index in [2.05, 4.69) is 45.9 Å². The number of anilines is 1. The van der Waals surface area contributed by atoms with Crippen molar-refractivity contribution in [2.45, 2.75) is 37.6 Å². The molecule has 3 fully saturated rings. The summed E-state index contributed by atoms with van der Waals surface area (Å²) in [7, 11) is 2.18. The lowest BCUT2D eigenvalue weighted by Gasteiger charge is -2.34. The molecule has 31 heavy (non-hydrogen) atoms. The molecule has 2 aliphatic carbocycles. The Labute approximate surface area is 183 Å². The van der Waals surface area contributed by atoms with Gasteiger partial charge in [0.15, 0.2) is 0 Å². The van der Waals surface area contributed by atoms with E-state index in [0.29, 0.717) is 17.9 Å². The van der Waals surface area contributed by atoms with Crippen LogP contribution in [0.4, 0.5) is 5.69 Å². The predicted molar refractivity (Wildman–Crippen MR) is 123 cm³/mol. The highest BCUT2D eigenvalue weighted by atomic mass is 15.3. The van der Waals surface area contributed by atoms with Gasteiger partial charge in [-0.05, 0) is 63.4 Å². The van der Waals surface area contributed by atoms with Gasteiger partial charge < -0.3 is 15.5 Å². The van der Waals surface area contributed by atoms with Gasteiger partial charge >= 0.3 is 0 Å². The highest BCUT2D eigenvalue weighted by Gasteiger charge is 2.34. The lowest BCUT2D eigenvalue weighted by Crippen LogP contribution is -2.44. The van der Waals surface area contributed by atoms with Crippen LogP contribution >= 0.6 is 0 Å². The zero-order valence-electron chi connectivity index (χ0n) is 18.2. The maximum Gasteiger partial charge on any atom is 0.0927 e. The maximum absolute atomic E-state index is 5.82. The summed E-state index contributed by atoms with van der Waals surface area (Å²) in [5.74, 6) is 1.23. The van der Waals surface area contributed by atoms with Crippen molar-refractivity contribution in [1.29, 1.82) is 0 Å². The zero-order chi connectivity index (χ0) is 20.9. The number of likely N-dealkylation sites (N-methyl/N-ethyl adjacent to an activating group) is 1. The van der Waals surface area contributed by atoms with E-state index in [-0.39, 0.29) is 0 Å². The molecule has 1 aromatic carbocycles. The smallest absolute Gasteiger partial charge is 0.0927 e. The highest BCUT2D eigenvalue weighted by Crippen LogP contribution is 2.45. The molecule has 2 aromatic heterocycles. The van der Waals surface area contributed by atoms with Crippen LogP contribution in [-0.4, -0.2) is 64.4 Å². The van der Waals surface area contributed by atoms with Crippen LogP contribution in [0, 0.1) is 5.92 Å². The largest absolute Gasteiger partial charge is 0.369 e. The Balaban J connectivity index is 1.29. The van der Waals surface area contributed by atoms with Gasteiger partial charge in [0.25, 0.3) is 0 Å². The number of aromatic nitrogens is 4. The van der Waals surface area contributed by atoms with Gasteiger partial charge in [0, 0.05) is 49.5 Å². The molecule has 0 atom stereocenters. The standard InChI is InChI=1S/C24H31N7/c1-29-6-8-30(9-7-29)18-4-5-21-22(12-18)26-14-23(27-21)20-15-31(19-10-16(11-19)13-25)28-24(20)17-2-3-17/h4-5,12,14-17,19H,2-3,6-11,13,25H2,1H3. The summed E-state index contributed by atoms with van der Waals surface area (Å²) in [6.45, 7) is 5.10. The van der Waals surface area contributed by atoms with Crippen LogP contribution < -0.4 is 10.6 Å². The number of hydrogen-bond donors (Lipinski definition) is 1. The number of piperazine rings is 1. The Morgan fingerprint density at radius 2 is 1.87 bits per heavy atom. The van der Waals surface area contributed by atoms with Crippen LogP contribution in [0.3, 0.4) is 0 Å². The molecule has 3 aromatic rings. The molecule has 7 heteroatoms. The Morgan fingerprint density at radius 1 is 1.06 bits per heavy atom. The van der Waals surface area contributed by atoms with E-state index in [4.69, 9.17) is 20.8 Å². The third-order valence-corrected chi connectivity index (χ3v) is 7.31. The lowest BCUT2D eigenvalue weighted by molar-refractivity contribution is 0.189. The third-order valence-electron chi connectivity index (χ3n) is 7.31. The van der Waals surface area contributed by atoms with E-state index in [1.807, 2.05) is 6.20 Å². The summed E-state index contributed by atoms with van der Waals surface area (Å²) >= 11 is 0. The number of fused-ring (bicyclic) bond motifs is 1. The van der Waals surface area contributed by atoms with Crippen molar-refractivity contribution in [2.75, 3.05) is 44.7 Å². The Bertz CT molecular complexity index is 1090. The molecule has 2 N–H and O–H groups in total. The molecule has 3 aliphatic rings. The first kappa shape index (κ1) is 19.2. The average molecular weight is 418 g/mol. The summed E-state index contributed by atoms with van der Waals surface area (Å²) in [5.41, 5.74) is 12.3. The van der Waals surface area contributed by atoms with Crippen LogP contribution in [0.1, 0.15) is 43.3 Å². The van der Waals surface area contributed by atoms with E-state index in [1.54, 1.807) is 0 Å². The second kappa shape index (κ2) is 7.57. The molecule has 3 heterocycles. The molecule has 7 nitrogen and oxygen atoms in total. The van der Waals surface area contributed by atoms with E-state index < -0.39 is 0 Å². The van der Waals surface area contributed by atoms with Crippen molar-refractivity contribution in [2.24, 2.45) is 11.7 Å². The molecule has 2 saturated carbocycles. The van der Waals surface area contributed by atoms with Crippen molar-refractivity contribution in [1.82, 2.24) is 24.6 Å². The molecular weight excluding hydrogens is 386 g/mol. The van der Waals surface area contributed by atoms with Gasteiger partial charge in [0.2, 0.25) is 0 Å². The fourth-order valence-corrected chi connectivity index (χ4v) is 4.95. The Hall–Kier alpha value is -2.51. The Kier molecular flexibility index (Phi) is 4.69. The van der Waals surface area contributed by atoms with Crippen molar-refractivity contribution in [3.05, 3.63) is 36.3 Å². The van der Waals surface area contributed by atoms with Crippen molar-refractivity contribution in [3.63, 3.8) is 0 Å². The third kappa shape index (κ3) is 3.59. The summed E-state index contributed by atoms with van der Waals surface area (Å²) in [6, 6.07) is 6.99. The van der Waals surface area contributed by atoms with Gasteiger partial charge in [-0.15, -0.1) is 0 Å². The first-order chi connectivity index (χ1) is 15.2. The van der Waals surface area contributed by atoms with E-state index in [1.165, 1.54) is 24.2 Å². The molecular formula is C24H31N7. The number of rotatable bonds is 5. The van der Waals surface area contributed by atoms with Crippen molar-refractivity contribution < 1.29 is 0 Å². The monoisotopic (exact) mass is 417 g/mol. The zero-order valence-corrected chi connectivity index (χ0v) is 18.2. The summed E-state index contributed by atoms with van der Waals surface area (Å²) in [6.07, 6.45) is 8.89. The number of benzene rings is 1. The van der Waals surface area contributed by atoms with Crippen LogP contribution in [0.5, 0.6) is 0 Å². The van der Waals surface area contributed by atoms with Crippen LogP contribution in [0.25, 0.3) is 22.3 Å². The van der Waals surface area contributed by atoms with Crippen LogP contribution in [0.15, 0.2) is 30.6 Å². The average Bonchev–Trinajstić information content (AvgIpc) is 3.52. The molecule has 1 saturated heterocycles. The van der Waals surface area contributed by atoms with Gasteiger partial charge in [-0.3, -0.25) is 9.67 Å². The molecule has 6 rings (SSSR count). The second-order valence-corrected chi connectivity index (χ2v) is 9.63. The lowest BCUT2D eigenvalue weighted by atomic mass is 9.80. The molecule has 0 radical (unpaired) electrons. The van der Waals surface area contributed by atoms with Gasteiger partial charge in [-0.2, -0.15) is 5.10 Å². The first-order valence-corrected chi connectivity index (χ1v) is 11.7. The van der Waals surface area contributed by atoms with Gasteiger partial charge in [-0.25, -0.2) is 4.98 Å². The van der Waals surface area contributed by atoms with Gasteiger partial charge in [0.1, 0.15) is 0 Å². The SMILES string of the molecule is CN1CCN(c2ccc3nc(-c4cn(C5CC(CN)C5)nc4C4CC4)cnc3c2)CC1. The van der Waals surface area contributed by atoms with Gasteiger partial charge in [0.05, 0.1) is 34.7 Å². The fourth-order valence-electron chi connectivity index (χ4n) is 4.95. The van der Waals surface area contributed by atoms with Gasteiger partial charge in [-0.1, -0.05) is 0 Å². The topological polar surface area (TPSA) is 76.1 Å². The van der Waals surface area contributed by atoms with E-state index in [9.17, 15) is 0 Å². The summed E-state index contributed by atoms with van der Waals surface area (Å²) in [4.78, 5) is 14.6. The minimum atomic E-state index is 0.486. The number of nitrogens with zero attached hydrogens (tertiary/aromatic N) is 6. The maximum atomic E-state index is 5.82. The molecule has 0 amide bonds. The minimum absolute atomic E-state index is 0.486. The molecule has 0 spiro atoms. The first-order valence-electron chi connectivity index (χ1n) is 11.7. The predicted octanol–water partition coefficient (Wildman–Crippen LogP) is 3.03. The second-order valence-electron chi connectivity index (χ2n) is 9.63. The van der Waals surface area contributed by atoms with Crippen molar-refractivity contribution in [3.8, 4) is 11.3 Å². The number of hydrogen-bond acceptors (Lipinski definition) is 6.